The molecule has 0 radical (unpaired) electrons. The number of carbonyl (C=O) groups excluding carboxylic acids is 1. The second kappa shape index (κ2) is 7.84. The first-order valence-electron chi connectivity index (χ1n) is 8.06. The van der Waals surface area contributed by atoms with Crippen LogP contribution in [0.3, 0.4) is 0 Å². The molecule has 0 saturated carbocycles. The summed E-state index contributed by atoms with van der Waals surface area (Å²) in [6.07, 6.45) is 3.05. The zero-order valence-electron chi connectivity index (χ0n) is 14.0. The van der Waals surface area contributed by atoms with Crippen LogP contribution in [-0.4, -0.2) is 51.7 Å². The van der Waals surface area contributed by atoms with Gasteiger partial charge in [-0.15, -0.1) is 0 Å². The number of morpholine rings is 1. The van der Waals surface area contributed by atoms with Crippen LogP contribution in [0.2, 0.25) is 0 Å². The van der Waals surface area contributed by atoms with E-state index < -0.39 is 0 Å². The van der Waals surface area contributed by atoms with Gasteiger partial charge in [-0.1, -0.05) is 0 Å². The summed E-state index contributed by atoms with van der Waals surface area (Å²) in [6.45, 7) is 4.73. The van der Waals surface area contributed by atoms with Crippen molar-refractivity contribution in [1.29, 1.82) is 0 Å². The number of amides is 1. The van der Waals surface area contributed by atoms with Crippen LogP contribution in [0.25, 0.3) is 0 Å². The lowest BCUT2D eigenvalue weighted by Crippen LogP contribution is -2.37. The van der Waals surface area contributed by atoms with Crippen LogP contribution in [0.5, 0.6) is 0 Å². The molecule has 0 spiro atoms. The summed E-state index contributed by atoms with van der Waals surface area (Å²) in [6, 6.07) is 3.15. The third kappa shape index (κ3) is 4.60. The predicted molar refractivity (Wildman–Crippen MR) is 90.1 cm³/mol. The molecule has 3 heterocycles. The minimum absolute atomic E-state index is 0.0759. The van der Waals surface area contributed by atoms with Crippen molar-refractivity contribution in [3.05, 3.63) is 46.4 Å². The fourth-order valence-corrected chi connectivity index (χ4v) is 2.43. The summed E-state index contributed by atoms with van der Waals surface area (Å²) in [5, 5.41) is 2.76. The number of rotatable bonds is 5. The molecule has 1 amide bonds. The summed E-state index contributed by atoms with van der Waals surface area (Å²) in [7, 11) is 0. The van der Waals surface area contributed by atoms with Gasteiger partial charge in [-0.05, 0) is 13.0 Å². The fourth-order valence-electron chi connectivity index (χ4n) is 2.43. The Kier molecular flexibility index (Phi) is 5.34. The first-order chi connectivity index (χ1) is 12.1. The molecule has 1 fully saturated rings. The Morgan fingerprint density at radius 2 is 2.12 bits per heavy atom. The number of hydrogen-bond acceptors (Lipinski definition) is 7. The summed E-state index contributed by atoms with van der Waals surface area (Å²) in [5.41, 5.74) is 1.08. The average molecular weight is 344 g/mol. The number of nitrogens with zero attached hydrogens (tertiary/aromatic N) is 5. The molecule has 1 N–H and O–H groups in total. The molecule has 2 aromatic heterocycles. The van der Waals surface area contributed by atoms with E-state index in [0.29, 0.717) is 30.5 Å². The Balaban J connectivity index is 1.57. The molecule has 3 rings (SSSR count). The van der Waals surface area contributed by atoms with Gasteiger partial charge in [0.05, 0.1) is 31.8 Å². The molecule has 132 valence electrons. The molecule has 0 atom stereocenters. The normalized spacial score (nSPS) is 14.4. The Bertz CT molecular complexity index is 800. The van der Waals surface area contributed by atoms with Gasteiger partial charge in [0.1, 0.15) is 6.54 Å². The van der Waals surface area contributed by atoms with Gasteiger partial charge >= 0.3 is 0 Å². The van der Waals surface area contributed by atoms with Crippen molar-refractivity contribution in [3.63, 3.8) is 0 Å². The van der Waals surface area contributed by atoms with Crippen LogP contribution >= 0.6 is 0 Å². The maximum atomic E-state index is 12.0. The van der Waals surface area contributed by atoms with Crippen LogP contribution in [0.1, 0.15) is 11.4 Å². The number of nitrogens with one attached hydrogen (secondary N) is 1. The molecule has 9 heteroatoms. The van der Waals surface area contributed by atoms with Crippen LogP contribution in [-0.2, 0) is 22.6 Å². The van der Waals surface area contributed by atoms with Gasteiger partial charge in [-0.25, -0.2) is 15.0 Å². The van der Waals surface area contributed by atoms with E-state index in [-0.39, 0.29) is 24.6 Å². The first kappa shape index (κ1) is 17.0. The van der Waals surface area contributed by atoms with Gasteiger partial charge in [0.15, 0.2) is 0 Å². The molecule has 0 aliphatic carbocycles. The van der Waals surface area contributed by atoms with Crippen molar-refractivity contribution >= 4 is 11.9 Å². The lowest BCUT2D eigenvalue weighted by molar-refractivity contribution is -0.121. The predicted octanol–water partition coefficient (Wildman–Crippen LogP) is -0.505. The van der Waals surface area contributed by atoms with Crippen molar-refractivity contribution in [1.82, 2.24) is 24.8 Å². The number of ether oxygens (including phenoxy) is 1. The fraction of sp³-hybridized carbons (Fsp3) is 0.438. The zero-order valence-corrected chi connectivity index (χ0v) is 14.0. The molecule has 25 heavy (non-hydrogen) atoms. The molecule has 1 saturated heterocycles. The largest absolute Gasteiger partial charge is 0.378 e. The Labute approximate surface area is 144 Å². The third-order valence-electron chi connectivity index (χ3n) is 3.79. The molecular weight excluding hydrogens is 324 g/mol. The molecule has 0 bridgehead atoms. The van der Waals surface area contributed by atoms with Crippen LogP contribution in [0.4, 0.5) is 5.95 Å². The quantitative estimate of drug-likeness (QED) is 0.780. The van der Waals surface area contributed by atoms with E-state index in [1.165, 1.54) is 17.0 Å². The summed E-state index contributed by atoms with van der Waals surface area (Å²) in [5.74, 6) is 0.355. The molecule has 1 aliphatic rings. The highest BCUT2D eigenvalue weighted by atomic mass is 16.5. The number of anilines is 1. The lowest BCUT2D eigenvalue weighted by atomic mass is 10.4. The number of aryl methyl sites for hydroxylation is 1. The number of carbonyl (C=O) groups is 1. The summed E-state index contributed by atoms with van der Waals surface area (Å²) in [4.78, 5) is 38.6. The van der Waals surface area contributed by atoms with Crippen molar-refractivity contribution in [2.75, 3.05) is 31.2 Å². The first-order valence-corrected chi connectivity index (χ1v) is 8.06. The minimum atomic E-state index is -0.278. The van der Waals surface area contributed by atoms with Crippen LogP contribution in [0.15, 0.2) is 29.5 Å². The van der Waals surface area contributed by atoms with Crippen LogP contribution < -0.4 is 15.8 Å². The van der Waals surface area contributed by atoms with Gasteiger partial charge < -0.3 is 15.0 Å². The SMILES string of the molecule is Cc1cc(=O)n(CC(=O)NCc2ccnc(N3CCOCC3)n2)cn1. The Morgan fingerprint density at radius 1 is 1.32 bits per heavy atom. The van der Waals surface area contributed by atoms with Crippen molar-refractivity contribution in [3.8, 4) is 0 Å². The zero-order chi connectivity index (χ0) is 17.6. The van der Waals surface area contributed by atoms with Crippen LogP contribution in [0, 0.1) is 6.92 Å². The third-order valence-corrected chi connectivity index (χ3v) is 3.79. The van der Waals surface area contributed by atoms with Gasteiger partial charge in [-0.3, -0.25) is 14.2 Å². The second-order valence-corrected chi connectivity index (χ2v) is 5.72. The number of hydrogen-bond donors (Lipinski definition) is 1. The molecule has 1 aliphatic heterocycles. The Morgan fingerprint density at radius 3 is 2.88 bits per heavy atom. The molecule has 0 aromatic carbocycles. The topological polar surface area (TPSA) is 102 Å². The standard InChI is InChI=1S/C16H20N6O3/c1-12-8-15(24)22(11-19-12)10-14(23)18-9-13-2-3-17-16(20-13)21-4-6-25-7-5-21/h2-3,8,11H,4-7,9-10H2,1H3,(H,18,23). The lowest BCUT2D eigenvalue weighted by Gasteiger charge is -2.26. The van der Waals surface area contributed by atoms with Crippen molar-refractivity contribution < 1.29 is 9.53 Å². The van der Waals surface area contributed by atoms with Gasteiger partial charge in [0.25, 0.3) is 5.56 Å². The highest BCUT2D eigenvalue weighted by Crippen LogP contribution is 2.09. The monoisotopic (exact) mass is 344 g/mol. The molecule has 9 nitrogen and oxygen atoms in total. The second-order valence-electron chi connectivity index (χ2n) is 5.72. The van der Waals surface area contributed by atoms with Gasteiger partial charge in [0, 0.05) is 31.0 Å². The number of aromatic nitrogens is 4. The Hall–Kier alpha value is -2.81. The average Bonchev–Trinajstić information content (AvgIpc) is 2.63. The van der Waals surface area contributed by atoms with E-state index in [9.17, 15) is 9.59 Å². The highest BCUT2D eigenvalue weighted by Gasteiger charge is 2.14. The summed E-state index contributed by atoms with van der Waals surface area (Å²) < 4.78 is 6.58. The highest BCUT2D eigenvalue weighted by molar-refractivity contribution is 5.75. The van der Waals surface area contributed by atoms with E-state index >= 15 is 0 Å². The van der Waals surface area contributed by atoms with E-state index in [2.05, 4.69) is 20.3 Å². The van der Waals surface area contributed by atoms with Crippen molar-refractivity contribution in [2.45, 2.75) is 20.0 Å². The van der Waals surface area contributed by atoms with Gasteiger partial charge in [0.2, 0.25) is 11.9 Å². The van der Waals surface area contributed by atoms with Gasteiger partial charge in [-0.2, -0.15) is 0 Å². The van der Waals surface area contributed by atoms with E-state index in [1.54, 1.807) is 19.2 Å². The molecule has 0 unspecified atom stereocenters. The summed E-state index contributed by atoms with van der Waals surface area (Å²) >= 11 is 0. The minimum Gasteiger partial charge on any atom is -0.378 e. The van der Waals surface area contributed by atoms with E-state index in [4.69, 9.17) is 4.74 Å². The molecule has 2 aromatic rings. The van der Waals surface area contributed by atoms with Crippen molar-refractivity contribution in [2.24, 2.45) is 0 Å². The smallest absolute Gasteiger partial charge is 0.253 e. The van der Waals surface area contributed by atoms with E-state index in [0.717, 1.165) is 13.1 Å². The molecular formula is C16H20N6O3. The maximum absolute atomic E-state index is 12.0. The maximum Gasteiger partial charge on any atom is 0.253 e. The van der Waals surface area contributed by atoms with E-state index in [1.807, 2.05) is 4.90 Å².